The Morgan fingerprint density at radius 3 is 1.68 bits per heavy atom. The number of hydrogen-bond donors (Lipinski definition) is 0. The summed E-state index contributed by atoms with van der Waals surface area (Å²) in [7, 11) is 0. The number of hydrogen-bond acceptors (Lipinski definition) is 0. The average molecular weight is 637 g/mol. The van der Waals surface area contributed by atoms with Gasteiger partial charge in [0.2, 0.25) is 0 Å². The Balaban J connectivity index is 1.11. The summed E-state index contributed by atoms with van der Waals surface area (Å²) in [5, 5.41) is 11.7. The van der Waals surface area contributed by atoms with Crippen LogP contribution in [0.15, 0.2) is 164 Å². The van der Waals surface area contributed by atoms with Gasteiger partial charge in [0, 0.05) is 33.2 Å². The van der Waals surface area contributed by atoms with E-state index in [-0.39, 0.29) is 0 Å². The number of para-hydroxylation sites is 2. The van der Waals surface area contributed by atoms with Crippen molar-refractivity contribution in [1.82, 2.24) is 9.13 Å². The lowest BCUT2D eigenvalue weighted by Crippen LogP contribution is -1.99. The van der Waals surface area contributed by atoms with Gasteiger partial charge in [-0.2, -0.15) is 0 Å². The predicted octanol–water partition coefficient (Wildman–Crippen LogP) is 12.8. The maximum Gasteiger partial charge on any atom is 0.0541 e. The maximum absolute atomic E-state index is 2.46. The molecule has 0 aliphatic heterocycles. The standard InChI is InChI=1S/C48H32N2/c1-2-12-33(13-3-1)49-45-20-10-9-19-41(45)44-30-34(24-27-48(44)49)50-46-21-11-8-18-40(46)43-29-32(23-26-47(43)50)31-22-25-39-37-16-5-4-14-35(37)36-15-6-7-17-38(36)42(39)28-31/h1-8,10-18,20-30H,9,19H2. The van der Waals surface area contributed by atoms with Crippen LogP contribution in [-0.4, -0.2) is 9.13 Å². The van der Waals surface area contributed by atoms with Crippen LogP contribution in [0, 0.1) is 0 Å². The van der Waals surface area contributed by atoms with Gasteiger partial charge in [0.25, 0.3) is 0 Å². The van der Waals surface area contributed by atoms with Crippen molar-refractivity contribution in [2.75, 3.05) is 0 Å². The number of allylic oxidation sites excluding steroid dienone is 1. The summed E-state index contributed by atoms with van der Waals surface area (Å²) < 4.78 is 4.89. The molecule has 234 valence electrons. The molecule has 1 aliphatic rings. The average Bonchev–Trinajstić information content (AvgIpc) is 3.70. The van der Waals surface area contributed by atoms with Crippen molar-refractivity contribution >= 4 is 71.1 Å². The zero-order chi connectivity index (χ0) is 32.8. The van der Waals surface area contributed by atoms with Gasteiger partial charge in [-0.3, -0.25) is 0 Å². The molecule has 0 amide bonds. The molecule has 0 radical (unpaired) electrons. The Bertz CT molecular complexity index is 2990. The monoisotopic (exact) mass is 636 g/mol. The third-order valence-corrected chi connectivity index (χ3v) is 11.0. The van der Waals surface area contributed by atoms with Crippen LogP contribution in [0.2, 0.25) is 0 Å². The second kappa shape index (κ2) is 10.6. The van der Waals surface area contributed by atoms with Crippen molar-refractivity contribution in [1.29, 1.82) is 0 Å². The Morgan fingerprint density at radius 2 is 0.920 bits per heavy atom. The smallest absolute Gasteiger partial charge is 0.0541 e. The molecule has 2 nitrogen and oxygen atoms in total. The van der Waals surface area contributed by atoms with E-state index in [0.29, 0.717) is 0 Å². The molecule has 0 saturated carbocycles. The molecule has 0 fully saturated rings. The van der Waals surface area contributed by atoms with Crippen molar-refractivity contribution in [3.05, 3.63) is 175 Å². The van der Waals surface area contributed by atoms with Crippen LogP contribution in [-0.2, 0) is 6.42 Å². The molecule has 8 aromatic carbocycles. The minimum absolute atomic E-state index is 1.05. The fourth-order valence-corrected chi connectivity index (χ4v) is 8.74. The Kier molecular flexibility index (Phi) is 5.82. The van der Waals surface area contributed by atoms with Gasteiger partial charge < -0.3 is 9.13 Å². The molecule has 0 N–H and O–H groups in total. The number of aromatic nitrogens is 2. The highest BCUT2D eigenvalue weighted by atomic mass is 15.0. The molecule has 0 saturated heterocycles. The van der Waals surface area contributed by atoms with Crippen molar-refractivity contribution in [2.45, 2.75) is 12.8 Å². The molecule has 2 heteroatoms. The molecule has 1 aliphatic carbocycles. The number of rotatable bonds is 3. The van der Waals surface area contributed by atoms with E-state index in [1.165, 1.54) is 98.8 Å². The predicted molar refractivity (Wildman–Crippen MR) is 213 cm³/mol. The third-order valence-electron chi connectivity index (χ3n) is 11.0. The second-order valence-corrected chi connectivity index (χ2v) is 13.6. The van der Waals surface area contributed by atoms with Gasteiger partial charge in [0.1, 0.15) is 0 Å². The highest BCUT2D eigenvalue weighted by Gasteiger charge is 2.21. The van der Waals surface area contributed by atoms with Crippen LogP contribution in [0.5, 0.6) is 0 Å². The lowest BCUT2D eigenvalue weighted by atomic mass is 9.92. The van der Waals surface area contributed by atoms with Crippen LogP contribution < -0.4 is 0 Å². The normalized spacial score (nSPS) is 13.0. The van der Waals surface area contributed by atoms with Gasteiger partial charge in [-0.25, -0.2) is 0 Å². The summed E-state index contributed by atoms with van der Waals surface area (Å²) in [6, 6.07) is 58.3. The zero-order valence-electron chi connectivity index (χ0n) is 27.5. The fraction of sp³-hybridized carbons (Fsp3) is 0.0417. The topological polar surface area (TPSA) is 9.86 Å². The molecular formula is C48H32N2. The lowest BCUT2D eigenvalue weighted by molar-refractivity contribution is 0.967. The van der Waals surface area contributed by atoms with Crippen molar-refractivity contribution in [2.24, 2.45) is 0 Å². The summed E-state index contributed by atoms with van der Waals surface area (Å²) >= 11 is 0. The molecule has 10 aromatic rings. The Labute approximate surface area is 289 Å². The summed E-state index contributed by atoms with van der Waals surface area (Å²) in [4.78, 5) is 0. The van der Waals surface area contributed by atoms with Gasteiger partial charge in [0.15, 0.2) is 0 Å². The van der Waals surface area contributed by atoms with Crippen LogP contribution >= 0.6 is 0 Å². The van der Waals surface area contributed by atoms with Crippen LogP contribution in [0.3, 0.4) is 0 Å². The molecule has 0 unspecified atom stereocenters. The largest absolute Gasteiger partial charge is 0.310 e. The Morgan fingerprint density at radius 1 is 0.360 bits per heavy atom. The Hall–Kier alpha value is -6.38. The molecular weight excluding hydrogens is 605 g/mol. The SMILES string of the molecule is C1=Cc2c(c3cc(-n4c5ccccc5c5cc(-c6ccc7c8ccccc8c8ccccc8c7c6)ccc54)ccc3n2-c2ccccc2)CC1. The summed E-state index contributed by atoms with van der Waals surface area (Å²) in [6.45, 7) is 0. The number of fused-ring (bicyclic) bond motifs is 12. The van der Waals surface area contributed by atoms with Crippen LogP contribution in [0.4, 0.5) is 0 Å². The summed E-state index contributed by atoms with van der Waals surface area (Å²) in [6.07, 6.45) is 6.75. The van der Waals surface area contributed by atoms with Crippen molar-refractivity contribution in [3.63, 3.8) is 0 Å². The van der Waals surface area contributed by atoms with Gasteiger partial charge >= 0.3 is 0 Å². The number of nitrogens with zero attached hydrogens (tertiary/aromatic N) is 2. The first-order chi connectivity index (χ1) is 24.8. The van der Waals surface area contributed by atoms with Crippen LogP contribution in [0.25, 0.3) is 93.6 Å². The molecule has 50 heavy (non-hydrogen) atoms. The third kappa shape index (κ3) is 3.90. The van der Waals surface area contributed by atoms with Crippen molar-refractivity contribution < 1.29 is 0 Å². The molecule has 0 bridgehead atoms. The highest BCUT2D eigenvalue weighted by molar-refractivity contribution is 6.25. The fourth-order valence-electron chi connectivity index (χ4n) is 8.74. The molecule has 0 spiro atoms. The lowest BCUT2D eigenvalue weighted by Gasteiger charge is -2.12. The first-order valence-electron chi connectivity index (χ1n) is 17.6. The molecule has 2 aromatic heterocycles. The zero-order valence-corrected chi connectivity index (χ0v) is 27.5. The number of benzene rings is 8. The first-order valence-corrected chi connectivity index (χ1v) is 17.6. The van der Waals surface area contributed by atoms with E-state index in [9.17, 15) is 0 Å². The van der Waals surface area contributed by atoms with E-state index in [1.807, 2.05) is 0 Å². The van der Waals surface area contributed by atoms with Gasteiger partial charge in [-0.05, 0) is 123 Å². The van der Waals surface area contributed by atoms with E-state index >= 15 is 0 Å². The number of aryl methyl sites for hydroxylation is 1. The molecule has 0 atom stereocenters. The molecule has 2 heterocycles. The van der Waals surface area contributed by atoms with Crippen LogP contribution in [0.1, 0.15) is 17.7 Å². The van der Waals surface area contributed by atoms with E-state index < -0.39 is 0 Å². The van der Waals surface area contributed by atoms with Crippen molar-refractivity contribution in [3.8, 4) is 22.5 Å². The van der Waals surface area contributed by atoms with E-state index in [1.54, 1.807) is 0 Å². The van der Waals surface area contributed by atoms with E-state index in [0.717, 1.165) is 12.8 Å². The first kappa shape index (κ1) is 27.6. The van der Waals surface area contributed by atoms with Gasteiger partial charge in [-0.15, -0.1) is 0 Å². The molecule has 11 rings (SSSR count). The quantitative estimate of drug-likeness (QED) is 0.171. The van der Waals surface area contributed by atoms with E-state index in [2.05, 4.69) is 179 Å². The maximum atomic E-state index is 2.46. The minimum Gasteiger partial charge on any atom is -0.310 e. The summed E-state index contributed by atoms with van der Waals surface area (Å²) in [5.41, 5.74) is 11.3. The van der Waals surface area contributed by atoms with Gasteiger partial charge in [-0.1, -0.05) is 109 Å². The minimum atomic E-state index is 1.05. The second-order valence-electron chi connectivity index (χ2n) is 13.6. The van der Waals surface area contributed by atoms with E-state index in [4.69, 9.17) is 0 Å². The van der Waals surface area contributed by atoms with Gasteiger partial charge in [0.05, 0.1) is 16.6 Å². The summed E-state index contributed by atoms with van der Waals surface area (Å²) in [5.74, 6) is 0. The highest BCUT2D eigenvalue weighted by Crippen LogP contribution is 2.41.